The van der Waals surface area contributed by atoms with Crippen LogP contribution in [0.5, 0.6) is 5.75 Å². The molecule has 0 amide bonds. The van der Waals surface area contributed by atoms with Crippen molar-refractivity contribution >= 4 is 39.9 Å². The normalized spacial score (nSPS) is 10.7. The molecular weight excluding hydrogens is 335 g/mol. The fourth-order valence-electron chi connectivity index (χ4n) is 2.25. The van der Waals surface area contributed by atoms with Gasteiger partial charge < -0.3 is 9.84 Å². The van der Waals surface area contributed by atoms with E-state index in [0.717, 1.165) is 10.8 Å². The van der Waals surface area contributed by atoms with E-state index in [-0.39, 0.29) is 17.9 Å². The van der Waals surface area contributed by atoms with Crippen LogP contribution in [0, 0.1) is 0 Å². The summed E-state index contributed by atoms with van der Waals surface area (Å²) in [5.41, 5.74) is 0.762. The molecule has 0 atom stereocenters. The number of hydrogen-bond acceptors (Lipinski definition) is 3. The van der Waals surface area contributed by atoms with Gasteiger partial charge in [-0.05, 0) is 35.0 Å². The van der Waals surface area contributed by atoms with Crippen LogP contribution in [0.4, 0.5) is 0 Å². The number of esters is 1. The van der Waals surface area contributed by atoms with E-state index in [1.165, 1.54) is 0 Å². The number of benzene rings is 3. The molecule has 0 heterocycles. The lowest BCUT2D eigenvalue weighted by molar-refractivity contribution is 0.0470. The molecule has 0 aromatic heterocycles. The van der Waals surface area contributed by atoms with Gasteiger partial charge in [0.25, 0.3) is 0 Å². The van der Waals surface area contributed by atoms with Crippen LogP contribution in [0.15, 0.2) is 54.6 Å². The van der Waals surface area contributed by atoms with Gasteiger partial charge in [-0.25, -0.2) is 4.79 Å². The highest BCUT2D eigenvalue weighted by molar-refractivity contribution is 6.35. The number of aromatic hydroxyl groups is 1. The van der Waals surface area contributed by atoms with Gasteiger partial charge in [-0.3, -0.25) is 0 Å². The van der Waals surface area contributed by atoms with Gasteiger partial charge in [0.05, 0.1) is 0 Å². The van der Waals surface area contributed by atoms with Crippen LogP contribution < -0.4 is 0 Å². The van der Waals surface area contributed by atoms with Crippen molar-refractivity contribution in [3.05, 3.63) is 75.8 Å². The number of phenols is 1. The van der Waals surface area contributed by atoms with Gasteiger partial charge in [0.2, 0.25) is 0 Å². The number of rotatable bonds is 3. The largest absolute Gasteiger partial charge is 0.507 e. The van der Waals surface area contributed by atoms with Crippen LogP contribution in [0.25, 0.3) is 10.8 Å². The van der Waals surface area contributed by atoms with Crippen molar-refractivity contribution in [3.63, 3.8) is 0 Å². The molecule has 0 bridgehead atoms. The van der Waals surface area contributed by atoms with Gasteiger partial charge >= 0.3 is 5.97 Å². The molecule has 5 heteroatoms. The van der Waals surface area contributed by atoms with Crippen molar-refractivity contribution in [3.8, 4) is 5.75 Å². The van der Waals surface area contributed by atoms with E-state index in [0.29, 0.717) is 15.6 Å². The van der Waals surface area contributed by atoms with Crippen LogP contribution in [0.2, 0.25) is 10.0 Å². The molecule has 1 N–H and O–H groups in total. The molecule has 3 nitrogen and oxygen atoms in total. The highest BCUT2D eigenvalue weighted by Gasteiger charge is 2.14. The molecule has 0 unspecified atom stereocenters. The lowest BCUT2D eigenvalue weighted by Crippen LogP contribution is -2.06. The Balaban J connectivity index is 1.81. The summed E-state index contributed by atoms with van der Waals surface area (Å²) < 4.78 is 5.24. The van der Waals surface area contributed by atoms with E-state index < -0.39 is 5.97 Å². The zero-order chi connectivity index (χ0) is 16.4. The lowest BCUT2D eigenvalue weighted by atomic mass is 10.1. The second-order valence-corrected chi connectivity index (χ2v) is 5.87. The average molecular weight is 347 g/mol. The SMILES string of the molecule is O=C(OCc1ccc(Cl)cc1Cl)c1cc2ccccc2cc1O. The Labute approximate surface area is 143 Å². The first-order chi connectivity index (χ1) is 11.0. The maximum Gasteiger partial charge on any atom is 0.342 e. The fourth-order valence-corrected chi connectivity index (χ4v) is 2.71. The number of halogens is 2. The Morgan fingerprint density at radius 1 is 1.00 bits per heavy atom. The van der Waals surface area contributed by atoms with E-state index in [1.54, 1.807) is 30.3 Å². The summed E-state index contributed by atoms with van der Waals surface area (Å²) in [5, 5.41) is 12.7. The zero-order valence-corrected chi connectivity index (χ0v) is 13.4. The Morgan fingerprint density at radius 2 is 1.70 bits per heavy atom. The van der Waals surface area contributed by atoms with Crippen molar-refractivity contribution < 1.29 is 14.6 Å². The minimum atomic E-state index is -0.612. The molecule has 23 heavy (non-hydrogen) atoms. The number of fused-ring (bicyclic) bond motifs is 1. The van der Waals surface area contributed by atoms with Crippen molar-refractivity contribution in [2.75, 3.05) is 0 Å². The zero-order valence-electron chi connectivity index (χ0n) is 11.9. The van der Waals surface area contributed by atoms with Gasteiger partial charge in [-0.15, -0.1) is 0 Å². The van der Waals surface area contributed by atoms with Gasteiger partial charge in [-0.1, -0.05) is 53.5 Å². The van der Waals surface area contributed by atoms with E-state index in [2.05, 4.69) is 0 Å². The summed E-state index contributed by atoms with van der Waals surface area (Å²) in [5.74, 6) is -0.727. The summed E-state index contributed by atoms with van der Waals surface area (Å²) in [6.45, 7) is 0.00109. The quantitative estimate of drug-likeness (QED) is 0.662. The minimum Gasteiger partial charge on any atom is -0.507 e. The number of carbonyl (C=O) groups is 1. The van der Waals surface area contributed by atoms with E-state index in [9.17, 15) is 9.90 Å². The van der Waals surface area contributed by atoms with E-state index in [4.69, 9.17) is 27.9 Å². The highest BCUT2D eigenvalue weighted by Crippen LogP contribution is 2.27. The topological polar surface area (TPSA) is 46.5 Å². The first-order valence-corrected chi connectivity index (χ1v) is 7.63. The molecule has 3 aromatic rings. The molecule has 0 aliphatic rings. The third kappa shape index (κ3) is 3.41. The Morgan fingerprint density at radius 3 is 2.39 bits per heavy atom. The molecule has 116 valence electrons. The average Bonchev–Trinajstić information content (AvgIpc) is 2.53. The smallest absolute Gasteiger partial charge is 0.342 e. The van der Waals surface area contributed by atoms with Crippen molar-refractivity contribution in [1.82, 2.24) is 0 Å². The Hall–Kier alpha value is -2.23. The molecular formula is C18H12Cl2O3. The first kappa shape index (κ1) is 15.7. The fraction of sp³-hybridized carbons (Fsp3) is 0.0556. The molecule has 0 radical (unpaired) electrons. The first-order valence-electron chi connectivity index (χ1n) is 6.87. The van der Waals surface area contributed by atoms with Crippen molar-refractivity contribution in [2.45, 2.75) is 6.61 Å². The number of carbonyl (C=O) groups excluding carboxylic acids is 1. The summed E-state index contributed by atoms with van der Waals surface area (Å²) in [4.78, 5) is 12.2. The Kier molecular flexibility index (Phi) is 4.42. The van der Waals surface area contributed by atoms with E-state index in [1.807, 2.05) is 24.3 Å². The summed E-state index contributed by atoms with van der Waals surface area (Å²) >= 11 is 11.9. The van der Waals surface area contributed by atoms with Crippen LogP contribution in [0.1, 0.15) is 15.9 Å². The van der Waals surface area contributed by atoms with Crippen LogP contribution in [-0.2, 0) is 11.3 Å². The summed E-state index contributed by atoms with van der Waals surface area (Å²) in [6.07, 6.45) is 0. The standard InChI is InChI=1S/C18H12Cl2O3/c19-14-6-5-13(16(20)9-14)10-23-18(22)15-7-11-3-1-2-4-12(11)8-17(15)21/h1-9,21H,10H2. The molecule has 0 aliphatic carbocycles. The van der Waals surface area contributed by atoms with Crippen LogP contribution in [0.3, 0.4) is 0 Å². The van der Waals surface area contributed by atoms with Gasteiger partial charge in [0.1, 0.15) is 17.9 Å². The molecule has 0 aliphatic heterocycles. The molecule has 0 saturated carbocycles. The number of phenolic OH excluding ortho intramolecular Hbond substituents is 1. The third-order valence-electron chi connectivity index (χ3n) is 3.46. The summed E-state index contributed by atoms with van der Waals surface area (Å²) in [7, 11) is 0. The van der Waals surface area contributed by atoms with E-state index >= 15 is 0 Å². The third-order valence-corrected chi connectivity index (χ3v) is 4.04. The highest BCUT2D eigenvalue weighted by atomic mass is 35.5. The second-order valence-electron chi connectivity index (χ2n) is 5.03. The number of hydrogen-bond donors (Lipinski definition) is 1. The monoisotopic (exact) mass is 346 g/mol. The molecule has 0 fully saturated rings. The predicted molar refractivity (Wildman–Crippen MR) is 91.2 cm³/mol. The van der Waals surface area contributed by atoms with Crippen LogP contribution in [-0.4, -0.2) is 11.1 Å². The van der Waals surface area contributed by atoms with Gasteiger partial charge in [0.15, 0.2) is 0 Å². The minimum absolute atomic E-state index is 0.00109. The maximum atomic E-state index is 12.2. The van der Waals surface area contributed by atoms with Crippen molar-refractivity contribution in [2.24, 2.45) is 0 Å². The molecule has 3 rings (SSSR count). The van der Waals surface area contributed by atoms with Gasteiger partial charge in [-0.2, -0.15) is 0 Å². The lowest BCUT2D eigenvalue weighted by Gasteiger charge is -2.09. The van der Waals surface area contributed by atoms with Crippen molar-refractivity contribution in [1.29, 1.82) is 0 Å². The molecule has 0 saturated heterocycles. The Bertz CT molecular complexity index is 891. The number of ether oxygens (including phenoxy) is 1. The predicted octanol–water partition coefficient (Wildman–Crippen LogP) is 5.21. The second kappa shape index (κ2) is 6.49. The van der Waals surface area contributed by atoms with Gasteiger partial charge in [0, 0.05) is 15.6 Å². The molecule has 3 aromatic carbocycles. The molecule has 0 spiro atoms. The maximum absolute atomic E-state index is 12.2. The summed E-state index contributed by atoms with van der Waals surface area (Å²) in [6, 6.07) is 15.5. The van der Waals surface area contributed by atoms with Crippen LogP contribution >= 0.6 is 23.2 Å².